The van der Waals surface area contributed by atoms with Gasteiger partial charge in [0.1, 0.15) is 0 Å². The van der Waals surface area contributed by atoms with Crippen molar-refractivity contribution in [3.8, 4) is 5.75 Å². The molecule has 0 spiro atoms. The van der Waals surface area contributed by atoms with E-state index in [0.29, 0.717) is 17.9 Å². The third-order valence-corrected chi connectivity index (χ3v) is 4.96. The molecule has 5 heteroatoms. The number of ether oxygens (including phenoxy) is 1. The Morgan fingerprint density at radius 3 is 2.79 bits per heavy atom. The second-order valence-corrected chi connectivity index (χ2v) is 6.13. The Hall–Kier alpha value is -1.33. The molecular formula is C14H17NO3S. The molecule has 19 heavy (non-hydrogen) atoms. The van der Waals surface area contributed by atoms with Crippen LogP contribution in [0, 0.1) is 0 Å². The molecule has 0 radical (unpaired) electrons. The highest BCUT2D eigenvalue weighted by Crippen LogP contribution is 2.43. The van der Waals surface area contributed by atoms with E-state index in [1.54, 1.807) is 7.11 Å². The van der Waals surface area contributed by atoms with Crippen molar-refractivity contribution in [3.63, 3.8) is 0 Å². The van der Waals surface area contributed by atoms with Crippen molar-refractivity contribution < 1.29 is 9.15 Å². The second-order valence-electron chi connectivity index (χ2n) is 5.15. The van der Waals surface area contributed by atoms with Crippen LogP contribution in [0.2, 0.25) is 0 Å². The summed E-state index contributed by atoms with van der Waals surface area (Å²) in [5.41, 5.74) is 7.78. The van der Waals surface area contributed by atoms with Gasteiger partial charge in [-0.1, -0.05) is 24.2 Å². The van der Waals surface area contributed by atoms with E-state index in [-0.39, 0.29) is 10.4 Å². The third kappa shape index (κ3) is 1.97. The van der Waals surface area contributed by atoms with Gasteiger partial charge in [-0.05, 0) is 30.5 Å². The van der Waals surface area contributed by atoms with E-state index in [0.717, 1.165) is 28.9 Å². The van der Waals surface area contributed by atoms with Gasteiger partial charge in [0.05, 0.1) is 11.8 Å². The van der Waals surface area contributed by atoms with Gasteiger partial charge in [-0.2, -0.15) is 0 Å². The molecule has 0 aliphatic heterocycles. The molecule has 0 bridgehead atoms. The zero-order chi connectivity index (χ0) is 13.5. The lowest BCUT2D eigenvalue weighted by Gasteiger charge is -2.28. The zero-order valence-electron chi connectivity index (χ0n) is 10.9. The SMILES string of the molecule is COc1cc(C2(CN)CCCC2)cc2sc(=O)oc12. The van der Waals surface area contributed by atoms with Crippen LogP contribution in [0.1, 0.15) is 31.2 Å². The molecule has 0 unspecified atom stereocenters. The van der Waals surface area contributed by atoms with E-state index < -0.39 is 0 Å². The normalized spacial score (nSPS) is 18.0. The smallest absolute Gasteiger partial charge is 0.396 e. The lowest BCUT2D eigenvalue weighted by molar-refractivity contribution is 0.402. The van der Waals surface area contributed by atoms with E-state index in [4.69, 9.17) is 14.9 Å². The summed E-state index contributed by atoms with van der Waals surface area (Å²) >= 11 is 1.12. The van der Waals surface area contributed by atoms with Crippen LogP contribution >= 0.6 is 11.3 Å². The molecule has 1 heterocycles. The predicted molar refractivity (Wildman–Crippen MR) is 76.1 cm³/mol. The first-order chi connectivity index (χ1) is 9.18. The Bertz CT molecular complexity index is 652. The molecule has 2 N–H and O–H groups in total. The molecule has 1 aromatic carbocycles. The highest BCUT2D eigenvalue weighted by atomic mass is 32.1. The molecule has 3 rings (SSSR count). The Labute approximate surface area is 115 Å². The minimum Gasteiger partial charge on any atom is -0.493 e. The fourth-order valence-corrected chi connectivity index (χ4v) is 3.79. The highest BCUT2D eigenvalue weighted by molar-refractivity contribution is 7.16. The molecule has 102 valence electrons. The van der Waals surface area contributed by atoms with Crippen LogP contribution in [-0.2, 0) is 5.41 Å². The highest BCUT2D eigenvalue weighted by Gasteiger charge is 2.35. The maximum absolute atomic E-state index is 11.4. The monoisotopic (exact) mass is 279 g/mol. The van der Waals surface area contributed by atoms with Crippen LogP contribution in [0.25, 0.3) is 10.3 Å². The van der Waals surface area contributed by atoms with Crippen LogP contribution in [0.4, 0.5) is 0 Å². The number of rotatable bonds is 3. The van der Waals surface area contributed by atoms with Gasteiger partial charge in [0, 0.05) is 12.0 Å². The summed E-state index contributed by atoms with van der Waals surface area (Å²) in [6.07, 6.45) is 4.62. The van der Waals surface area contributed by atoms with E-state index >= 15 is 0 Å². The van der Waals surface area contributed by atoms with E-state index in [2.05, 4.69) is 0 Å². The van der Waals surface area contributed by atoms with E-state index in [1.165, 1.54) is 18.4 Å². The summed E-state index contributed by atoms with van der Waals surface area (Å²) in [6, 6.07) is 4.03. The Kier molecular flexibility index (Phi) is 3.11. The van der Waals surface area contributed by atoms with Crippen LogP contribution < -0.4 is 15.4 Å². The second kappa shape index (κ2) is 4.65. The van der Waals surface area contributed by atoms with Crippen molar-refractivity contribution in [2.24, 2.45) is 5.73 Å². The lowest BCUT2D eigenvalue weighted by Crippen LogP contribution is -2.31. The summed E-state index contributed by atoms with van der Waals surface area (Å²) in [5, 5.41) is 0. The van der Waals surface area contributed by atoms with Gasteiger partial charge in [-0.25, -0.2) is 4.79 Å². The fourth-order valence-electron chi connectivity index (χ4n) is 3.07. The van der Waals surface area contributed by atoms with Gasteiger partial charge in [0.2, 0.25) is 0 Å². The van der Waals surface area contributed by atoms with E-state index in [9.17, 15) is 4.79 Å². The summed E-state index contributed by atoms with van der Waals surface area (Å²) in [5.74, 6) is 0.630. The lowest BCUT2D eigenvalue weighted by atomic mass is 9.79. The molecule has 0 amide bonds. The maximum atomic E-state index is 11.4. The minimum atomic E-state index is -0.293. The molecule has 0 atom stereocenters. The van der Waals surface area contributed by atoms with Gasteiger partial charge in [-0.3, -0.25) is 0 Å². The number of nitrogens with two attached hydrogens (primary N) is 1. The summed E-state index contributed by atoms with van der Waals surface area (Å²) < 4.78 is 11.4. The Morgan fingerprint density at radius 2 is 2.16 bits per heavy atom. The molecule has 1 aliphatic rings. The van der Waals surface area contributed by atoms with Crippen molar-refractivity contribution in [3.05, 3.63) is 27.4 Å². The summed E-state index contributed by atoms with van der Waals surface area (Å²) in [6.45, 7) is 0.633. The Morgan fingerprint density at radius 1 is 1.42 bits per heavy atom. The first kappa shape index (κ1) is 12.7. The Balaban J connectivity index is 2.21. The number of methoxy groups -OCH3 is 1. The van der Waals surface area contributed by atoms with Gasteiger partial charge < -0.3 is 14.9 Å². The summed E-state index contributed by atoms with van der Waals surface area (Å²) in [7, 11) is 1.60. The number of hydrogen-bond acceptors (Lipinski definition) is 5. The van der Waals surface area contributed by atoms with Crippen LogP contribution in [-0.4, -0.2) is 13.7 Å². The largest absolute Gasteiger partial charge is 0.493 e. The van der Waals surface area contributed by atoms with Crippen LogP contribution in [0.3, 0.4) is 0 Å². The van der Waals surface area contributed by atoms with Crippen molar-refractivity contribution in [1.29, 1.82) is 0 Å². The van der Waals surface area contributed by atoms with Gasteiger partial charge in [0.25, 0.3) is 0 Å². The van der Waals surface area contributed by atoms with E-state index in [1.807, 2.05) is 12.1 Å². The molecular weight excluding hydrogens is 262 g/mol. The molecule has 1 aliphatic carbocycles. The third-order valence-electron chi connectivity index (χ3n) is 4.18. The van der Waals surface area contributed by atoms with Crippen molar-refractivity contribution in [2.45, 2.75) is 31.1 Å². The predicted octanol–water partition coefficient (Wildman–Crippen LogP) is 2.63. The van der Waals surface area contributed by atoms with Crippen LogP contribution in [0.5, 0.6) is 5.75 Å². The number of benzene rings is 1. The number of hydrogen-bond donors (Lipinski definition) is 1. The zero-order valence-corrected chi connectivity index (χ0v) is 11.7. The van der Waals surface area contributed by atoms with Crippen molar-refractivity contribution in [1.82, 2.24) is 0 Å². The van der Waals surface area contributed by atoms with Crippen molar-refractivity contribution >= 4 is 21.6 Å². The fraction of sp³-hybridized carbons (Fsp3) is 0.500. The van der Waals surface area contributed by atoms with Gasteiger partial charge in [-0.15, -0.1) is 0 Å². The molecule has 4 nitrogen and oxygen atoms in total. The van der Waals surface area contributed by atoms with Crippen molar-refractivity contribution in [2.75, 3.05) is 13.7 Å². The first-order valence-electron chi connectivity index (χ1n) is 6.51. The molecule has 2 aromatic rings. The summed E-state index contributed by atoms with van der Waals surface area (Å²) in [4.78, 5) is 11.1. The molecule has 1 aromatic heterocycles. The molecule has 0 saturated heterocycles. The maximum Gasteiger partial charge on any atom is 0.396 e. The minimum absolute atomic E-state index is 0.0362. The van der Waals surface area contributed by atoms with Gasteiger partial charge in [0.15, 0.2) is 11.3 Å². The topological polar surface area (TPSA) is 65.5 Å². The quantitative estimate of drug-likeness (QED) is 0.938. The van der Waals surface area contributed by atoms with Crippen LogP contribution in [0.15, 0.2) is 21.3 Å². The standard InChI is InChI=1S/C14H17NO3S/c1-17-10-6-9(14(8-15)4-2-3-5-14)7-11-12(10)18-13(16)19-11/h6-7H,2-5,8,15H2,1H3. The average molecular weight is 279 g/mol. The first-order valence-corrected chi connectivity index (χ1v) is 7.32. The molecule has 1 saturated carbocycles. The number of fused-ring (bicyclic) bond motifs is 1. The average Bonchev–Trinajstić information content (AvgIpc) is 3.03. The van der Waals surface area contributed by atoms with Gasteiger partial charge >= 0.3 is 4.94 Å². The molecule has 1 fully saturated rings.